The number of rotatable bonds is 5. The number of thioether (sulfide) groups is 1. The summed E-state index contributed by atoms with van der Waals surface area (Å²) < 4.78 is 1.63. The molecule has 0 N–H and O–H groups in total. The van der Waals surface area contributed by atoms with E-state index < -0.39 is 5.25 Å². The summed E-state index contributed by atoms with van der Waals surface area (Å²) in [7, 11) is 0. The number of hydrogen-bond acceptors (Lipinski definition) is 5. The zero-order chi connectivity index (χ0) is 20.5. The molecule has 29 heavy (non-hydrogen) atoms. The van der Waals surface area contributed by atoms with Crippen molar-refractivity contribution in [2.75, 3.05) is 0 Å². The Kier molecular flexibility index (Phi) is 5.39. The third kappa shape index (κ3) is 3.66. The summed E-state index contributed by atoms with van der Waals surface area (Å²) in [5, 5.41) is 0.747. The first kappa shape index (κ1) is 19.6. The molecule has 1 atom stereocenters. The van der Waals surface area contributed by atoms with Gasteiger partial charge in [-0.2, -0.15) is 0 Å². The van der Waals surface area contributed by atoms with E-state index in [4.69, 9.17) is 4.98 Å². The number of carbonyl (C=O) groups is 1. The number of nitrogens with zero attached hydrogens (tertiary/aromatic N) is 2. The van der Waals surface area contributed by atoms with Crippen LogP contribution < -0.4 is 5.56 Å². The second-order valence-electron chi connectivity index (χ2n) is 6.85. The van der Waals surface area contributed by atoms with E-state index in [0.717, 1.165) is 26.5 Å². The Labute approximate surface area is 177 Å². The van der Waals surface area contributed by atoms with E-state index in [1.54, 1.807) is 11.5 Å². The van der Waals surface area contributed by atoms with Gasteiger partial charge in [-0.05, 0) is 44.0 Å². The monoisotopic (exact) mass is 420 g/mol. The molecule has 0 aliphatic rings. The van der Waals surface area contributed by atoms with E-state index >= 15 is 0 Å². The van der Waals surface area contributed by atoms with Crippen LogP contribution in [-0.4, -0.2) is 15.3 Å². The van der Waals surface area contributed by atoms with Crippen LogP contribution in [0.25, 0.3) is 15.9 Å². The second kappa shape index (κ2) is 7.97. The Morgan fingerprint density at radius 2 is 1.66 bits per heavy atom. The highest BCUT2D eigenvalue weighted by molar-refractivity contribution is 8.00. The molecule has 0 amide bonds. The highest BCUT2D eigenvalue weighted by atomic mass is 32.2. The smallest absolute Gasteiger partial charge is 0.267 e. The molecule has 2 heterocycles. The number of thiophene rings is 1. The minimum Gasteiger partial charge on any atom is -0.298 e. The quantitative estimate of drug-likeness (QED) is 0.317. The van der Waals surface area contributed by atoms with Crippen LogP contribution in [0.15, 0.2) is 70.6 Å². The first-order valence-electron chi connectivity index (χ1n) is 9.27. The average molecular weight is 421 g/mol. The number of aryl methyl sites for hydroxylation is 2. The minimum absolute atomic E-state index is 0.0219. The summed E-state index contributed by atoms with van der Waals surface area (Å²) in [6.45, 7) is 5.54. The standard InChI is InChI=1S/C23H20N2O2S2/c1-14-16(3)28-21-19(14)22(27)25(18-12-8-5-9-13-18)23(24-21)29-20(15(2)26)17-10-6-4-7-11-17/h4-13,20H,1-3H3/t20-/m0/s1. The molecule has 0 spiro atoms. The number of para-hydroxylation sites is 1. The van der Waals surface area contributed by atoms with Crippen LogP contribution in [0.1, 0.15) is 28.2 Å². The van der Waals surface area contributed by atoms with Crippen molar-refractivity contribution in [2.45, 2.75) is 31.2 Å². The summed E-state index contributed by atoms with van der Waals surface area (Å²) in [6, 6.07) is 19.1. The van der Waals surface area contributed by atoms with Crippen LogP contribution >= 0.6 is 23.1 Å². The molecular weight excluding hydrogens is 400 g/mol. The lowest BCUT2D eigenvalue weighted by Gasteiger charge is -2.17. The van der Waals surface area contributed by atoms with E-state index in [-0.39, 0.29) is 11.3 Å². The molecule has 4 rings (SSSR count). The van der Waals surface area contributed by atoms with Crippen LogP contribution in [0, 0.1) is 13.8 Å². The Hall–Kier alpha value is -2.70. The highest BCUT2D eigenvalue weighted by Crippen LogP contribution is 2.37. The van der Waals surface area contributed by atoms with Gasteiger partial charge in [0, 0.05) is 4.88 Å². The molecule has 4 nitrogen and oxygen atoms in total. The van der Waals surface area contributed by atoms with E-state index in [9.17, 15) is 9.59 Å². The Morgan fingerprint density at radius 1 is 1.03 bits per heavy atom. The third-order valence-corrected chi connectivity index (χ3v) is 7.31. The van der Waals surface area contributed by atoms with Gasteiger partial charge in [-0.25, -0.2) is 4.98 Å². The van der Waals surface area contributed by atoms with E-state index in [1.807, 2.05) is 74.5 Å². The molecule has 2 aromatic carbocycles. The Bertz CT molecular complexity index is 1240. The molecule has 146 valence electrons. The topological polar surface area (TPSA) is 52.0 Å². The maximum atomic E-state index is 13.5. The fraction of sp³-hybridized carbons (Fsp3) is 0.174. The van der Waals surface area contributed by atoms with Crippen molar-refractivity contribution in [1.29, 1.82) is 0 Å². The maximum Gasteiger partial charge on any atom is 0.267 e. The van der Waals surface area contributed by atoms with Gasteiger partial charge in [0.25, 0.3) is 5.56 Å². The van der Waals surface area contributed by atoms with Crippen LogP contribution in [0.5, 0.6) is 0 Å². The fourth-order valence-electron chi connectivity index (χ4n) is 3.28. The van der Waals surface area contributed by atoms with Gasteiger partial charge < -0.3 is 0 Å². The van der Waals surface area contributed by atoms with Crippen LogP contribution in [0.4, 0.5) is 0 Å². The van der Waals surface area contributed by atoms with Crippen molar-refractivity contribution < 1.29 is 4.79 Å². The SMILES string of the molecule is CC(=O)[C@H](Sc1nc2sc(C)c(C)c2c(=O)n1-c1ccccc1)c1ccccc1. The van der Waals surface area contributed by atoms with Crippen molar-refractivity contribution in [3.63, 3.8) is 0 Å². The van der Waals surface area contributed by atoms with E-state index in [2.05, 4.69) is 0 Å². The number of aromatic nitrogens is 2. The lowest BCUT2D eigenvalue weighted by atomic mass is 10.1. The lowest BCUT2D eigenvalue weighted by molar-refractivity contribution is -0.116. The van der Waals surface area contributed by atoms with Crippen molar-refractivity contribution in [3.05, 3.63) is 87.0 Å². The van der Waals surface area contributed by atoms with Gasteiger partial charge in [-0.3, -0.25) is 14.2 Å². The van der Waals surface area contributed by atoms with Gasteiger partial charge in [0.15, 0.2) is 5.16 Å². The van der Waals surface area contributed by atoms with Crippen LogP contribution in [-0.2, 0) is 4.79 Å². The molecule has 4 aromatic rings. The third-order valence-electron chi connectivity index (χ3n) is 4.88. The van der Waals surface area contributed by atoms with Crippen molar-refractivity contribution in [3.8, 4) is 5.69 Å². The number of carbonyl (C=O) groups excluding carboxylic acids is 1. The first-order valence-corrected chi connectivity index (χ1v) is 11.0. The number of ketones is 1. The zero-order valence-electron chi connectivity index (χ0n) is 16.4. The molecule has 0 saturated heterocycles. The highest BCUT2D eigenvalue weighted by Gasteiger charge is 2.24. The molecule has 6 heteroatoms. The van der Waals surface area contributed by atoms with E-state index in [0.29, 0.717) is 10.5 Å². The summed E-state index contributed by atoms with van der Waals surface area (Å²) in [4.78, 5) is 32.6. The zero-order valence-corrected chi connectivity index (χ0v) is 18.0. The van der Waals surface area contributed by atoms with Crippen molar-refractivity contribution in [2.24, 2.45) is 0 Å². The van der Waals surface area contributed by atoms with Gasteiger partial charge in [0.2, 0.25) is 0 Å². The molecule has 0 aliphatic heterocycles. The molecule has 0 aliphatic carbocycles. The van der Waals surface area contributed by atoms with Crippen LogP contribution in [0.2, 0.25) is 0 Å². The summed E-state index contributed by atoms with van der Waals surface area (Å²) in [6.07, 6.45) is 0. The normalized spacial score (nSPS) is 12.2. The van der Waals surface area contributed by atoms with Gasteiger partial charge in [0.1, 0.15) is 10.6 Å². The summed E-state index contributed by atoms with van der Waals surface area (Å²) in [5.41, 5.74) is 2.52. The predicted molar refractivity (Wildman–Crippen MR) is 120 cm³/mol. The Morgan fingerprint density at radius 3 is 2.28 bits per heavy atom. The lowest BCUT2D eigenvalue weighted by Crippen LogP contribution is -2.22. The summed E-state index contributed by atoms with van der Waals surface area (Å²) in [5.74, 6) is 0.0219. The van der Waals surface area contributed by atoms with Gasteiger partial charge >= 0.3 is 0 Å². The second-order valence-corrected chi connectivity index (χ2v) is 9.13. The van der Waals surface area contributed by atoms with Crippen molar-refractivity contribution in [1.82, 2.24) is 9.55 Å². The molecule has 0 bridgehead atoms. The molecular formula is C23H20N2O2S2. The minimum atomic E-state index is -0.433. The van der Waals surface area contributed by atoms with E-state index in [1.165, 1.54) is 23.1 Å². The molecule has 0 radical (unpaired) electrons. The van der Waals surface area contributed by atoms with Crippen LogP contribution in [0.3, 0.4) is 0 Å². The summed E-state index contributed by atoms with van der Waals surface area (Å²) >= 11 is 2.84. The molecule has 0 fully saturated rings. The Balaban J connectivity index is 1.95. The number of benzene rings is 2. The van der Waals surface area contributed by atoms with Gasteiger partial charge in [0.05, 0.1) is 16.3 Å². The number of Topliss-reactive ketones (excluding diaryl/α,β-unsaturated/α-hetero) is 1. The first-order chi connectivity index (χ1) is 14.0. The van der Waals surface area contributed by atoms with Crippen molar-refractivity contribution >= 4 is 39.1 Å². The largest absolute Gasteiger partial charge is 0.298 e. The number of hydrogen-bond donors (Lipinski definition) is 0. The average Bonchev–Trinajstić information content (AvgIpc) is 3.01. The predicted octanol–water partition coefficient (Wildman–Crippen LogP) is 5.49. The van der Waals surface area contributed by atoms with Gasteiger partial charge in [-0.1, -0.05) is 60.3 Å². The number of fused-ring (bicyclic) bond motifs is 1. The molecule has 0 saturated carbocycles. The molecule has 2 aromatic heterocycles. The fourth-order valence-corrected chi connectivity index (χ4v) is 5.46. The van der Waals surface area contributed by atoms with Gasteiger partial charge in [-0.15, -0.1) is 11.3 Å². The molecule has 0 unspecified atom stereocenters. The maximum absolute atomic E-state index is 13.5.